The molecule has 0 radical (unpaired) electrons. The van der Waals surface area contributed by atoms with E-state index in [4.69, 9.17) is 0 Å². The van der Waals surface area contributed by atoms with E-state index < -0.39 is 29.0 Å². The van der Waals surface area contributed by atoms with Crippen LogP contribution in [0.1, 0.15) is 26.7 Å². The molecule has 0 unspecified atom stereocenters. The lowest BCUT2D eigenvalue weighted by molar-refractivity contribution is 0.455. The lowest BCUT2D eigenvalue weighted by atomic mass is 9.97. The molecule has 0 spiro atoms. The van der Waals surface area contributed by atoms with E-state index in [0.29, 0.717) is 5.75 Å². The van der Waals surface area contributed by atoms with Crippen molar-refractivity contribution in [1.82, 2.24) is 0 Å². The van der Waals surface area contributed by atoms with Gasteiger partial charge in [-0.25, -0.2) is 17.6 Å². The van der Waals surface area contributed by atoms with E-state index in [1.807, 2.05) is 13.8 Å². The van der Waals surface area contributed by atoms with Crippen LogP contribution in [0.2, 0.25) is 0 Å². The highest BCUT2D eigenvalue weighted by atomic mass is 32.2. The Balaban J connectivity index is 2.33. The van der Waals surface area contributed by atoms with Crippen LogP contribution in [0.15, 0.2) is 11.1 Å². The molecule has 0 saturated carbocycles. The number of rotatable bonds is 3. The van der Waals surface area contributed by atoms with Crippen molar-refractivity contribution in [3.8, 4) is 0 Å². The topological polar surface area (TPSA) is 24.4 Å². The van der Waals surface area contributed by atoms with Crippen LogP contribution >= 0.6 is 11.8 Å². The van der Waals surface area contributed by atoms with Crippen LogP contribution in [0.25, 0.3) is 0 Å². The summed E-state index contributed by atoms with van der Waals surface area (Å²) in [4.78, 5) is 4.38. The number of amidine groups is 1. The number of benzene rings is 1. The molecule has 0 amide bonds. The van der Waals surface area contributed by atoms with Gasteiger partial charge in [0.1, 0.15) is 5.69 Å². The molecule has 1 aromatic carbocycles. The van der Waals surface area contributed by atoms with Gasteiger partial charge in [0, 0.05) is 11.8 Å². The van der Waals surface area contributed by atoms with Gasteiger partial charge in [0.05, 0.1) is 5.54 Å². The van der Waals surface area contributed by atoms with E-state index in [0.717, 1.165) is 12.8 Å². The van der Waals surface area contributed by atoms with Crippen molar-refractivity contribution in [1.29, 1.82) is 0 Å². The van der Waals surface area contributed by atoms with E-state index in [-0.39, 0.29) is 16.8 Å². The molecule has 7 heteroatoms. The molecule has 0 bridgehead atoms. The molecule has 20 heavy (non-hydrogen) atoms. The van der Waals surface area contributed by atoms with Crippen LogP contribution in [-0.4, -0.2) is 16.5 Å². The van der Waals surface area contributed by atoms with Crippen molar-refractivity contribution < 1.29 is 17.6 Å². The van der Waals surface area contributed by atoms with E-state index >= 15 is 0 Å². The largest absolute Gasteiger partial charge is 0.330 e. The fourth-order valence-corrected chi connectivity index (χ4v) is 3.26. The summed E-state index contributed by atoms with van der Waals surface area (Å²) in [5, 5.41) is 2.64. The molecular weight excluding hydrogens is 292 g/mol. The Bertz CT molecular complexity index is 530. The van der Waals surface area contributed by atoms with Gasteiger partial charge in [0.25, 0.3) is 0 Å². The van der Waals surface area contributed by atoms with Gasteiger partial charge < -0.3 is 5.32 Å². The second-order valence-electron chi connectivity index (χ2n) is 4.61. The number of thioether (sulfide) groups is 1. The first-order valence-electron chi connectivity index (χ1n) is 6.25. The Kier molecular flexibility index (Phi) is 4.27. The second kappa shape index (κ2) is 5.63. The van der Waals surface area contributed by atoms with Crippen molar-refractivity contribution >= 4 is 22.6 Å². The summed E-state index contributed by atoms with van der Waals surface area (Å²) in [6.07, 6.45) is 1.56. The van der Waals surface area contributed by atoms with Crippen LogP contribution in [0.4, 0.5) is 23.2 Å². The minimum absolute atomic E-state index is 0.182. The molecule has 0 saturated heterocycles. The Morgan fingerprint density at radius 3 is 2.15 bits per heavy atom. The van der Waals surface area contributed by atoms with Gasteiger partial charge in [0.2, 0.25) is 0 Å². The first-order valence-corrected chi connectivity index (χ1v) is 7.23. The van der Waals surface area contributed by atoms with Crippen molar-refractivity contribution in [2.45, 2.75) is 32.2 Å². The molecule has 0 aliphatic carbocycles. The molecule has 1 aromatic rings. The highest BCUT2D eigenvalue weighted by molar-refractivity contribution is 8.14. The maximum Gasteiger partial charge on any atom is 0.185 e. The van der Waals surface area contributed by atoms with Gasteiger partial charge in [-0.1, -0.05) is 25.6 Å². The number of nitrogens with zero attached hydrogens (tertiary/aromatic N) is 1. The van der Waals surface area contributed by atoms with Gasteiger partial charge in [-0.3, -0.25) is 4.99 Å². The van der Waals surface area contributed by atoms with Crippen LogP contribution < -0.4 is 5.32 Å². The Labute approximate surface area is 118 Å². The van der Waals surface area contributed by atoms with Crippen LogP contribution in [0.5, 0.6) is 0 Å². The molecule has 0 atom stereocenters. The zero-order valence-corrected chi connectivity index (χ0v) is 11.9. The van der Waals surface area contributed by atoms with Gasteiger partial charge in [-0.05, 0) is 12.8 Å². The van der Waals surface area contributed by atoms with Crippen LogP contribution in [0.3, 0.4) is 0 Å². The fraction of sp³-hybridized carbons (Fsp3) is 0.462. The van der Waals surface area contributed by atoms with Gasteiger partial charge in [0.15, 0.2) is 28.4 Å². The van der Waals surface area contributed by atoms with Crippen LogP contribution in [0, 0.1) is 23.3 Å². The summed E-state index contributed by atoms with van der Waals surface area (Å²) in [6, 6.07) is 0.182. The number of halogens is 4. The lowest BCUT2D eigenvalue weighted by Crippen LogP contribution is -2.24. The van der Waals surface area contributed by atoms with Crippen molar-refractivity contribution in [3.05, 3.63) is 29.3 Å². The van der Waals surface area contributed by atoms with Gasteiger partial charge >= 0.3 is 0 Å². The Morgan fingerprint density at radius 2 is 1.70 bits per heavy atom. The zero-order valence-electron chi connectivity index (χ0n) is 11.1. The average molecular weight is 306 g/mol. The molecule has 2 rings (SSSR count). The third-order valence-corrected chi connectivity index (χ3v) is 4.62. The van der Waals surface area contributed by atoms with Crippen molar-refractivity contribution in [2.75, 3.05) is 11.1 Å². The third-order valence-electron chi connectivity index (χ3n) is 3.48. The monoisotopic (exact) mass is 306 g/mol. The minimum atomic E-state index is -1.45. The predicted octanol–water partition coefficient (Wildman–Crippen LogP) is 4.32. The number of aliphatic imine (C=N–C) groups is 1. The summed E-state index contributed by atoms with van der Waals surface area (Å²) in [5.41, 5.74) is -1.12. The number of hydrogen-bond acceptors (Lipinski definition) is 3. The zero-order chi connectivity index (χ0) is 14.9. The van der Waals surface area contributed by atoms with Crippen LogP contribution in [-0.2, 0) is 0 Å². The number of anilines is 1. The molecule has 1 aliphatic rings. The number of nitrogens with one attached hydrogen (secondary N) is 1. The smallest absolute Gasteiger partial charge is 0.185 e. The normalized spacial score (nSPS) is 17.2. The molecule has 1 heterocycles. The molecule has 0 aromatic heterocycles. The van der Waals surface area contributed by atoms with Gasteiger partial charge in [-0.2, -0.15) is 0 Å². The second-order valence-corrected chi connectivity index (χ2v) is 5.57. The quantitative estimate of drug-likeness (QED) is 0.664. The molecule has 2 nitrogen and oxygen atoms in total. The standard InChI is InChI=1S/C13H14F4N2S/c1-3-13(4-2)6-20-12(19-13)18-11-9(16)7(14)5-8(15)10(11)17/h5H,3-4,6H2,1-2H3,(H,18,19). The molecule has 1 N–H and O–H groups in total. The number of hydrogen-bond donors (Lipinski definition) is 1. The maximum atomic E-state index is 13.5. The predicted molar refractivity (Wildman–Crippen MR) is 73.1 cm³/mol. The lowest BCUT2D eigenvalue weighted by Gasteiger charge is -2.20. The Morgan fingerprint density at radius 1 is 1.15 bits per heavy atom. The summed E-state index contributed by atoms with van der Waals surface area (Å²) in [5.74, 6) is -5.10. The van der Waals surface area contributed by atoms with E-state index in [9.17, 15) is 17.6 Å². The summed E-state index contributed by atoms with van der Waals surface area (Å²) in [6.45, 7) is 3.94. The SMILES string of the molecule is CCC1(CC)CSC(Nc2c(F)c(F)cc(F)c2F)=N1. The van der Waals surface area contributed by atoms with Crippen molar-refractivity contribution in [2.24, 2.45) is 4.99 Å². The minimum Gasteiger partial charge on any atom is -0.330 e. The average Bonchev–Trinajstić information content (AvgIpc) is 2.85. The molecule has 0 fully saturated rings. The fourth-order valence-electron chi connectivity index (χ4n) is 1.95. The summed E-state index contributed by atoms with van der Waals surface area (Å²) < 4.78 is 53.3. The van der Waals surface area contributed by atoms with E-state index in [1.165, 1.54) is 11.8 Å². The molecular formula is C13H14F4N2S. The van der Waals surface area contributed by atoms with Crippen molar-refractivity contribution in [3.63, 3.8) is 0 Å². The Hall–Kier alpha value is -1.24. The maximum absolute atomic E-state index is 13.5. The van der Waals surface area contributed by atoms with Gasteiger partial charge in [-0.15, -0.1) is 0 Å². The first-order chi connectivity index (χ1) is 9.42. The van der Waals surface area contributed by atoms with E-state index in [2.05, 4.69) is 10.3 Å². The third kappa shape index (κ3) is 2.63. The summed E-state index contributed by atoms with van der Waals surface area (Å²) in [7, 11) is 0. The highest BCUT2D eigenvalue weighted by Gasteiger charge is 2.33. The summed E-state index contributed by atoms with van der Waals surface area (Å²) >= 11 is 1.28. The molecule has 1 aliphatic heterocycles. The highest BCUT2D eigenvalue weighted by Crippen LogP contribution is 2.35. The first kappa shape index (κ1) is 15.2. The molecule has 110 valence electrons. The van der Waals surface area contributed by atoms with E-state index in [1.54, 1.807) is 0 Å².